The Labute approximate surface area is 496 Å². The Morgan fingerprint density at radius 1 is 0.800 bits per heavy atom. The Morgan fingerprint density at radius 3 is 2.13 bits per heavy atom. The zero-order valence-corrected chi connectivity index (χ0v) is 50.8. The average molecular weight is 1190 g/mol. The Kier molecular flexibility index (Phi) is 22.3. The second-order valence-electron chi connectivity index (χ2n) is 23.8. The number of pyridine rings is 2. The number of aliphatic carboxylic acids is 1. The molecule has 85 heavy (non-hydrogen) atoms. The number of carbonyl (C=O) groups excluding carboxylic acids is 7. The van der Waals surface area contributed by atoms with Crippen LogP contribution in [0.1, 0.15) is 162 Å². The van der Waals surface area contributed by atoms with Gasteiger partial charge in [0.25, 0.3) is 5.56 Å². The fraction of sp³-hybridized carbons (Fsp3) is 0.645. The van der Waals surface area contributed by atoms with Crippen molar-refractivity contribution < 1.29 is 76.6 Å². The van der Waals surface area contributed by atoms with Crippen LogP contribution in [0.25, 0.3) is 22.3 Å². The molecule has 0 saturated carbocycles. The normalized spacial score (nSPS) is 17.0. The molecular formula is C62H86N6O17. The largest absolute Gasteiger partial charge is 0.481 e. The van der Waals surface area contributed by atoms with E-state index in [2.05, 4.69) is 64.4 Å². The number of carboxylic acids is 1. The molecule has 1 aromatic carbocycles. The third-order valence-corrected chi connectivity index (χ3v) is 18.1. The van der Waals surface area contributed by atoms with Crippen LogP contribution < -0.4 is 31.0 Å². The van der Waals surface area contributed by atoms with Crippen LogP contribution in [0.15, 0.2) is 29.1 Å². The molecule has 6 heterocycles. The highest BCUT2D eigenvalue weighted by atomic mass is 16.7. The van der Waals surface area contributed by atoms with Crippen molar-refractivity contribution in [2.24, 2.45) is 22.2 Å². The van der Waals surface area contributed by atoms with Crippen LogP contribution >= 0.6 is 0 Å². The maximum atomic E-state index is 14.0. The predicted octanol–water partition coefficient (Wildman–Crippen LogP) is 6.23. The van der Waals surface area contributed by atoms with Crippen molar-refractivity contribution in [1.29, 1.82) is 0 Å². The first kappa shape index (κ1) is 65.6. The van der Waals surface area contributed by atoms with Crippen molar-refractivity contribution in [2.45, 2.75) is 177 Å². The topological polar surface area (TPSA) is 296 Å². The quantitative estimate of drug-likeness (QED) is 0.0303. The van der Waals surface area contributed by atoms with Crippen LogP contribution in [-0.2, 0) is 75.2 Å². The van der Waals surface area contributed by atoms with E-state index in [1.807, 2.05) is 12.1 Å². The van der Waals surface area contributed by atoms with E-state index in [1.54, 1.807) is 26.0 Å². The first-order valence-electron chi connectivity index (χ1n) is 30.0. The zero-order chi connectivity index (χ0) is 61.8. The molecule has 4 N–H and O–H groups in total. The van der Waals surface area contributed by atoms with Gasteiger partial charge >= 0.3 is 17.9 Å². The number of ketones is 1. The van der Waals surface area contributed by atoms with Crippen LogP contribution in [0.4, 0.5) is 0 Å². The number of fused-ring (bicyclic) bond motifs is 6. The second kappa shape index (κ2) is 28.9. The van der Waals surface area contributed by atoms with Crippen molar-refractivity contribution in [3.05, 3.63) is 51.3 Å². The third-order valence-electron chi connectivity index (χ3n) is 18.1. The third kappa shape index (κ3) is 15.4. The minimum atomic E-state index is -1.67. The molecule has 4 amide bonds. The van der Waals surface area contributed by atoms with Gasteiger partial charge in [-0.2, -0.15) is 0 Å². The molecule has 2 aromatic heterocycles. The summed E-state index contributed by atoms with van der Waals surface area (Å²) in [5.74, 6) is -4.88. The van der Waals surface area contributed by atoms with Crippen molar-refractivity contribution >= 4 is 58.2 Å². The summed E-state index contributed by atoms with van der Waals surface area (Å²) in [6.07, 6.45) is 3.48. The van der Waals surface area contributed by atoms with Gasteiger partial charge in [-0.1, -0.05) is 75.2 Å². The smallest absolute Gasteiger partial charge is 0.352 e. The van der Waals surface area contributed by atoms with Gasteiger partial charge in [0, 0.05) is 60.3 Å². The van der Waals surface area contributed by atoms with Gasteiger partial charge in [-0.3, -0.25) is 33.6 Å². The van der Waals surface area contributed by atoms with Crippen LogP contribution in [0.3, 0.4) is 0 Å². The summed E-state index contributed by atoms with van der Waals surface area (Å²) in [5, 5.41) is 18.5. The predicted molar refractivity (Wildman–Crippen MR) is 310 cm³/mol. The summed E-state index contributed by atoms with van der Waals surface area (Å²) in [4.78, 5) is 127. The number of aromatic nitrogens is 2. The first-order valence-corrected chi connectivity index (χ1v) is 30.0. The molecule has 23 heteroatoms. The number of esters is 2. The molecule has 466 valence electrons. The summed E-state index contributed by atoms with van der Waals surface area (Å²) in [6.45, 7) is 20.2. The maximum absolute atomic E-state index is 14.0. The molecule has 4 aliphatic rings. The number of benzene rings is 1. The molecule has 4 atom stereocenters. The maximum Gasteiger partial charge on any atom is 0.352 e. The number of likely N-dealkylation sites (tertiary alicyclic amines) is 1. The number of hydrogen-bond donors (Lipinski definition) is 4. The van der Waals surface area contributed by atoms with Crippen LogP contribution in [0, 0.1) is 22.2 Å². The lowest BCUT2D eigenvalue weighted by molar-refractivity contribution is -0.173. The van der Waals surface area contributed by atoms with Gasteiger partial charge < -0.3 is 63.7 Å². The summed E-state index contributed by atoms with van der Waals surface area (Å²) in [6, 6.07) is 3.03. The van der Waals surface area contributed by atoms with Crippen molar-refractivity contribution in [1.82, 2.24) is 30.4 Å². The van der Waals surface area contributed by atoms with Gasteiger partial charge in [0.15, 0.2) is 11.5 Å². The summed E-state index contributed by atoms with van der Waals surface area (Å²) in [5.41, 5.74) is 1.74. The number of Topliss-reactive ketones (excluding diaryl/α,β-unsaturated/α-hetero) is 1. The highest BCUT2D eigenvalue weighted by molar-refractivity contribution is 5.96. The van der Waals surface area contributed by atoms with Gasteiger partial charge in [0.05, 0.1) is 75.1 Å². The summed E-state index contributed by atoms with van der Waals surface area (Å²) < 4.78 is 40.4. The molecule has 7 rings (SSSR count). The van der Waals surface area contributed by atoms with Gasteiger partial charge in [0.1, 0.15) is 30.5 Å². The molecule has 0 bridgehead atoms. The Bertz CT molecular complexity index is 3020. The fourth-order valence-corrected chi connectivity index (χ4v) is 12.1. The van der Waals surface area contributed by atoms with Crippen LogP contribution in [0.5, 0.6) is 11.5 Å². The number of ether oxygens (including phenoxy) is 7. The molecule has 0 spiro atoms. The van der Waals surface area contributed by atoms with E-state index in [1.165, 1.54) is 9.47 Å². The lowest BCUT2D eigenvalue weighted by atomic mass is 9.55. The van der Waals surface area contributed by atoms with E-state index in [9.17, 15) is 48.3 Å². The van der Waals surface area contributed by atoms with E-state index >= 15 is 0 Å². The highest BCUT2D eigenvalue weighted by Crippen LogP contribution is 2.53. The van der Waals surface area contributed by atoms with Crippen molar-refractivity contribution in [3.8, 4) is 22.9 Å². The lowest BCUT2D eigenvalue weighted by Gasteiger charge is -2.48. The van der Waals surface area contributed by atoms with Gasteiger partial charge in [-0.05, 0) is 73.5 Å². The zero-order valence-electron chi connectivity index (χ0n) is 50.8. The number of hydrogen-bond acceptors (Lipinski definition) is 17. The summed E-state index contributed by atoms with van der Waals surface area (Å²) >= 11 is 0. The van der Waals surface area contributed by atoms with Gasteiger partial charge in [-0.25, -0.2) is 14.6 Å². The molecule has 23 nitrogen and oxygen atoms in total. The van der Waals surface area contributed by atoms with Gasteiger partial charge in [0.2, 0.25) is 36.5 Å². The number of amides is 4. The number of nitrogens with one attached hydrogen (secondary N) is 3. The minimum absolute atomic E-state index is 0.0121. The molecule has 1 fully saturated rings. The first-order chi connectivity index (χ1) is 40.5. The number of cyclic esters (lactones) is 1. The molecular weight excluding hydrogens is 1100 g/mol. The van der Waals surface area contributed by atoms with Crippen LogP contribution in [0.2, 0.25) is 0 Å². The van der Waals surface area contributed by atoms with Gasteiger partial charge in [-0.15, -0.1) is 0 Å². The SMILES string of the molecule is CCC(CC)(CC(C)(C)C(C)(CC)CC)C(=O)CCCC(=O)NCCOCCOCCOCCC(=O)N[C@@H](CC(=O)O)C(=O)N1CCC[C@H]1C(=O)N[C@H](C(=O)OC1C(=O)OCc2c1cc1n(c2=O)Cc2cc3cc4c(cc3nc2-1)OCO4)C(C)C. The van der Waals surface area contributed by atoms with Crippen molar-refractivity contribution in [3.63, 3.8) is 0 Å². The standard InChI is InChI=1S/C62H86N6O17/c1-10-61(9,11-2)60(7,8)35-62(12-3,13-4)48(69)17-14-18-49(70)63-20-23-80-25-27-81-26-24-79-22-19-50(71)64-43(32-51(72)73)57(76)67-21-15-16-44(67)55(74)66-52(37(5)6)58(77)85-54-40-30-45-53-39(33-68(45)56(75)41(40)34-82-59(54)78)28-38-29-46-47(84-36-83-46)31-42(38)65-53/h28-31,37,43-44,52,54H,10-27,32-36H2,1-9H3,(H,63,70)(H,64,71)(H,66,74)(H,72,73)/t43-,44-,52-,54?/m0/s1. The number of carboxylic acid groups (broad SMARTS) is 1. The monoisotopic (exact) mass is 1190 g/mol. The Morgan fingerprint density at radius 2 is 1.47 bits per heavy atom. The average Bonchev–Trinajstić information content (AvgIpc) is 1.70. The molecule has 0 aliphatic carbocycles. The molecule has 4 aliphatic heterocycles. The van der Waals surface area contributed by atoms with Crippen LogP contribution in [-0.4, -0.2) is 145 Å². The number of nitrogens with zero attached hydrogens (tertiary/aromatic N) is 3. The summed E-state index contributed by atoms with van der Waals surface area (Å²) in [7, 11) is 0. The van der Waals surface area contributed by atoms with E-state index in [0.29, 0.717) is 54.2 Å². The van der Waals surface area contributed by atoms with E-state index in [-0.39, 0.29) is 119 Å². The number of carbonyl (C=O) groups is 8. The second-order valence-corrected chi connectivity index (χ2v) is 23.8. The van der Waals surface area contributed by atoms with E-state index in [4.69, 9.17) is 38.1 Å². The van der Waals surface area contributed by atoms with Crippen molar-refractivity contribution in [2.75, 3.05) is 59.5 Å². The molecule has 0 radical (unpaired) electrons. The Balaban J connectivity index is 0.808. The highest BCUT2D eigenvalue weighted by Gasteiger charge is 2.47. The molecule has 1 unspecified atom stereocenters. The lowest BCUT2D eigenvalue weighted by Crippen LogP contribution is -2.56. The minimum Gasteiger partial charge on any atom is -0.481 e. The van der Waals surface area contributed by atoms with E-state index in [0.717, 1.165) is 43.1 Å². The fourth-order valence-electron chi connectivity index (χ4n) is 12.1. The van der Waals surface area contributed by atoms with E-state index < -0.39 is 83.2 Å². The molecule has 1 saturated heterocycles. The Hall–Kier alpha value is -6.98. The molecule has 3 aromatic rings. The number of rotatable bonds is 33.